The third-order valence-corrected chi connectivity index (χ3v) is 2.56. The van der Waals surface area contributed by atoms with Crippen LogP contribution in [0.5, 0.6) is 0 Å². The van der Waals surface area contributed by atoms with Crippen molar-refractivity contribution in [2.75, 3.05) is 0 Å². The summed E-state index contributed by atoms with van der Waals surface area (Å²) in [6.07, 6.45) is 3.35. The molecule has 0 amide bonds. The van der Waals surface area contributed by atoms with Crippen LogP contribution in [0, 0.1) is 0 Å². The monoisotopic (exact) mass is 233 g/mol. The second-order valence-electron chi connectivity index (χ2n) is 3.98. The minimum atomic E-state index is 0.00789. The van der Waals surface area contributed by atoms with E-state index in [1.165, 1.54) is 0 Å². The molecule has 0 aliphatic rings. The zero-order chi connectivity index (χ0) is 11.7. The maximum absolute atomic E-state index is 11.9. The summed E-state index contributed by atoms with van der Waals surface area (Å²) in [5, 5.41) is 1.51. The van der Waals surface area contributed by atoms with Gasteiger partial charge in [-0.05, 0) is 38.1 Å². The molecule has 1 N–H and O–H groups in total. The summed E-state index contributed by atoms with van der Waals surface area (Å²) in [7, 11) is 0. The minimum Gasteiger partial charge on any atom is -0.360 e. The van der Waals surface area contributed by atoms with Gasteiger partial charge in [0, 0.05) is 27.7 Å². The van der Waals surface area contributed by atoms with Crippen LogP contribution >= 0.6 is 11.6 Å². The van der Waals surface area contributed by atoms with Gasteiger partial charge in [0.05, 0.1) is 0 Å². The third kappa shape index (κ3) is 2.02. The van der Waals surface area contributed by atoms with Crippen molar-refractivity contribution >= 4 is 28.3 Å². The van der Waals surface area contributed by atoms with Gasteiger partial charge in [0.15, 0.2) is 5.78 Å². The second kappa shape index (κ2) is 4.14. The van der Waals surface area contributed by atoms with Crippen LogP contribution in [0.1, 0.15) is 24.2 Å². The Hall–Kier alpha value is -1.54. The number of aromatic amines is 1. The van der Waals surface area contributed by atoms with Gasteiger partial charge in [0.1, 0.15) is 0 Å². The predicted octanol–water partition coefficient (Wildman–Crippen LogP) is 3.97. The smallest absolute Gasteiger partial charge is 0.187 e. The number of nitrogens with one attached hydrogen (secondary N) is 1. The van der Waals surface area contributed by atoms with Gasteiger partial charge in [0.2, 0.25) is 0 Å². The second-order valence-corrected chi connectivity index (χ2v) is 4.41. The number of ketones is 1. The molecule has 1 aromatic carbocycles. The summed E-state index contributed by atoms with van der Waals surface area (Å²) < 4.78 is 0. The van der Waals surface area contributed by atoms with Crippen LogP contribution in [-0.2, 0) is 0 Å². The molecule has 0 saturated carbocycles. The number of hydrogen-bond acceptors (Lipinski definition) is 1. The molecule has 0 radical (unpaired) electrons. The highest BCUT2D eigenvalue weighted by atomic mass is 35.5. The van der Waals surface area contributed by atoms with Crippen molar-refractivity contribution in [1.29, 1.82) is 0 Å². The molecule has 3 heteroatoms. The fourth-order valence-electron chi connectivity index (χ4n) is 1.64. The van der Waals surface area contributed by atoms with Crippen molar-refractivity contribution in [3.63, 3.8) is 0 Å². The van der Waals surface area contributed by atoms with E-state index >= 15 is 0 Å². The summed E-state index contributed by atoms with van der Waals surface area (Å²) in [6.45, 7) is 3.81. The van der Waals surface area contributed by atoms with E-state index in [4.69, 9.17) is 11.6 Å². The first-order valence-corrected chi connectivity index (χ1v) is 5.41. The van der Waals surface area contributed by atoms with E-state index in [2.05, 4.69) is 4.98 Å². The van der Waals surface area contributed by atoms with Gasteiger partial charge in [-0.15, -0.1) is 0 Å². The van der Waals surface area contributed by atoms with Crippen LogP contribution in [0.3, 0.4) is 0 Å². The molecular formula is C13H12ClNO. The van der Waals surface area contributed by atoms with Crippen molar-refractivity contribution in [2.24, 2.45) is 0 Å². The number of benzene rings is 1. The molecule has 16 heavy (non-hydrogen) atoms. The maximum atomic E-state index is 11.9. The zero-order valence-corrected chi connectivity index (χ0v) is 9.93. The normalized spacial score (nSPS) is 10.4. The van der Waals surface area contributed by atoms with Crippen molar-refractivity contribution in [3.8, 4) is 0 Å². The lowest BCUT2D eigenvalue weighted by Gasteiger charge is -1.95. The van der Waals surface area contributed by atoms with Gasteiger partial charge in [-0.3, -0.25) is 4.79 Å². The van der Waals surface area contributed by atoms with E-state index < -0.39 is 0 Å². The Morgan fingerprint density at radius 2 is 2.12 bits per heavy atom. The molecule has 0 bridgehead atoms. The number of carbonyl (C=O) groups excluding carboxylic acids is 1. The van der Waals surface area contributed by atoms with E-state index in [0.29, 0.717) is 10.6 Å². The predicted molar refractivity (Wildman–Crippen MR) is 67.1 cm³/mol. The first-order chi connectivity index (χ1) is 7.58. The fraction of sp³-hybridized carbons (Fsp3) is 0.154. The zero-order valence-electron chi connectivity index (χ0n) is 9.17. The average molecular weight is 234 g/mol. The lowest BCUT2D eigenvalue weighted by molar-refractivity contribution is 0.104. The molecule has 0 unspecified atom stereocenters. The molecule has 0 aliphatic heterocycles. The quantitative estimate of drug-likeness (QED) is 0.618. The number of hydrogen-bond donors (Lipinski definition) is 1. The van der Waals surface area contributed by atoms with E-state index in [1.54, 1.807) is 24.4 Å². The minimum absolute atomic E-state index is 0.00789. The summed E-state index contributed by atoms with van der Waals surface area (Å²) in [5.41, 5.74) is 2.58. The fourth-order valence-corrected chi connectivity index (χ4v) is 1.81. The molecule has 0 fully saturated rings. The van der Waals surface area contributed by atoms with Crippen molar-refractivity contribution in [3.05, 3.63) is 46.6 Å². The Labute approximate surface area is 98.9 Å². The number of fused-ring (bicyclic) bond motifs is 1. The van der Waals surface area contributed by atoms with Crippen LogP contribution in [0.4, 0.5) is 0 Å². The van der Waals surface area contributed by atoms with Gasteiger partial charge < -0.3 is 4.98 Å². The molecule has 1 heterocycles. The average Bonchev–Trinajstić information content (AvgIpc) is 2.59. The standard InChI is InChI=1S/C13H12ClNO/c1-8(2)5-13(16)11-7-15-12-4-3-9(14)6-10(11)12/h3-7,15H,1-2H3. The SMILES string of the molecule is CC(C)=CC(=O)c1c[nH]c2ccc(Cl)cc12. The van der Waals surface area contributed by atoms with E-state index in [9.17, 15) is 4.79 Å². The molecule has 2 aromatic rings. The van der Waals surface area contributed by atoms with Crippen LogP contribution in [0.25, 0.3) is 10.9 Å². The van der Waals surface area contributed by atoms with Gasteiger partial charge in [-0.2, -0.15) is 0 Å². The number of aromatic nitrogens is 1. The van der Waals surface area contributed by atoms with Gasteiger partial charge in [-0.25, -0.2) is 0 Å². The Bertz CT molecular complexity index is 577. The Kier molecular flexibility index (Phi) is 2.84. The summed E-state index contributed by atoms with van der Waals surface area (Å²) in [6, 6.07) is 5.48. The van der Waals surface area contributed by atoms with Crippen LogP contribution in [0.15, 0.2) is 36.0 Å². The number of halogens is 1. The number of allylic oxidation sites excluding steroid dienone is 2. The molecule has 1 aromatic heterocycles. The molecule has 0 saturated heterocycles. The summed E-state index contributed by atoms with van der Waals surface area (Å²) in [4.78, 5) is 15.0. The molecule has 0 aliphatic carbocycles. The van der Waals surface area contributed by atoms with Crippen molar-refractivity contribution in [1.82, 2.24) is 4.98 Å². The van der Waals surface area contributed by atoms with E-state index in [-0.39, 0.29) is 5.78 Å². The van der Waals surface area contributed by atoms with Crippen LogP contribution in [0.2, 0.25) is 5.02 Å². The highest BCUT2D eigenvalue weighted by Gasteiger charge is 2.09. The highest BCUT2D eigenvalue weighted by Crippen LogP contribution is 2.23. The molecule has 82 valence electrons. The molecule has 2 nitrogen and oxygen atoms in total. The third-order valence-electron chi connectivity index (χ3n) is 2.33. The van der Waals surface area contributed by atoms with Crippen molar-refractivity contribution in [2.45, 2.75) is 13.8 Å². The molecule has 0 atom stereocenters. The molecule has 2 rings (SSSR count). The first kappa shape index (κ1) is 11.0. The first-order valence-electron chi connectivity index (χ1n) is 5.04. The van der Waals surface area contributed by atoms with E-state index in [1.807, 2.05) is 19.9 Å². The Morgan fingerprint density at radius 3 is 2.81 bits per heavy atom. The summed E-state index contributed by atoms with van der Waals surface area (Å²) >= 11 is 5.92. The van der Waals surface area contributed by atoms with Gasteiger partial charge >= 0.3 is 0 Å². The molecule has 0 spiro atoms. The Morgan fingerprint density at radius 1 is 1.38 bits per heavy atom. The van der Waals surface area contributed by atoms with Crippen LogP contribution < -0.4 is 0 Å². The lowest BCUT2D eigenvalue weighted by atomic mass is 10.1. The largest absolute Gasteiger partial charge is 0.360 e. The Balaban J connectivity index is 2.57. The highest BCUT2D eigenvalue weighted by molar-refractivity contribution is 6.31. The van der Waals surface area contributed by atoms with Gasteiger partial charge in [0.25, 0.3) is 0 Å². The molecular weight excluding hydrogens is 222 g/mol. The van der Waals surface area contributed by atoms with Crippen molar-refractivity contribution < 1.29 is 4.79 Å². The topological polar surface area (TPSA) is 32.9 Å². The van der Waals surface area contributed by atoms with Gasteiger partial charge in [-0.1, -0.05) is 17.2 Å². The number of carbonyl (C=O) groups is 1. The lowest BCUT2D eigenvalue weighted by Crippen LogP contribution is -1.93. The number of rotatable bonds is 2. The number of H-pyrrole nitrogens is 1. The van der Waals surface area contributed by atoms with E-state index in [0.717, 1.165) is 16.5 Å². The summed E-state index contributed by atoms with van der Waals surface area (Å²) in [5.74, 6) is 0.00789. The van der Waals surface area contributed by atoms with Crippen LogP contribution in [-0.4, -0.2) is 10.8 Å². The maximum Gasteiger partial charge on any atom is 0.187 e.